The van der Waals surface area contributed by atoms with Crippen molar-refractivity contribution in [2.45, 2.75) is 26.4 Å². The van der Waals surface area contributed by atoms with E-state index in [9.17, 15) is 25.0 Å². The lowest BCUT2D eigenvalue weighted by molar-refractivity contribution is -0.385. The lowest BCUT2D eigenvalue weighted by atomic mass is 10.2. The van der Waals surface area contributed by atoms with E-state index >= 15 is 0 Å². The standard InChI is InChI=1S/C17H28N4O2.C12H17N3O3.C10H13N3O2/c1-17(2,3)23-16(22)19-8-9-20-10-12-21(13-11-20)15-6-4-14(18)5-7-15;16-10-9-13-5-7-14(8-6-13)11-1-3-12(4-2-11)15(17)18;14-13(15)10-3-1-9(2-4-10)12-7-5-11-6-8-12/h4-7H,8-13,18H2,1-3H3,(H,19,22);1-4,16H,5-10H2;1-4,11H,5-8H2. The Labute approximate surface area is 329 Å². The van der Waals surface area contributed by atoms with E-state index in [-0.39, 0.29) is 33.9 Å². The summed E-state index contributed by atoms with van der Waals surface area (Å²) in [5, 5.41) is 36.0. The van der Waals surface area contributed by atoms with Gasteiger partial charge in [0.15, 0.2) is 0 Å². The fraction of sp³-hybridized carbons (Fsp3) is 0.513. The van der Waals surface area contributed by atoms with Gasteiger partial charge in [-0.1, -0.05) is 0 Å². The van der Waals surface area contributed by atoms with Gasteiger partial charge in [0, 0.05) is 145 Å². The quantitative estimate of drug-likeness (QED) is 0.132. The van der Waals surface area contributed by atoms with E-state index in [0.29, 0.717) is 13.1 Å². The average Bonchev–Trinajstić information content (AvgIpc) is 3.19. The molecule has 17 nitrogen and oxygen atoms in total. The molecular weight excluding hydrogens is 720 g/mol. The molecule has 6 rings (SSSR count). The molecule has 3 aromatic rings. The largest absolute Gasteiger partial charge is 0.444 e. The number of anilines is 4. The van der Waals surface area contributed by atoms with E-state index in [2.05, 4.69) is 47.3 Å². The van der Waals surface area contributed by atoms with Crippen molar-refractivity contribution in [3.63, 3.8) is 0 Å². The van der Waals surface area contributed by atoms with Crippen molar-refractivity contribution in [2.75, 3.05) is 125 Å². The maximum Gasteiger partial charge on any atom is 0.407 e. The molecule has 3 saturated heterocycles. The van der Waals surface area contributed by atoms with Crippen LogP contribution < -0.4 is 31.1 Å². The Morgan fingerprint density at radius 2 is 1.09 bits per heavy atom. The fourth-order valence-corrected chi connectivity index (χ4v) is 6.41. The van der Waals surface area contributed by atoms with Crippen molar-refractivity contribution >= 4 is 40.2 Å². The number of nitrogens with zero attached hydrogens (tertiary/aromatic N) is 7. The van der Waals surface area contributed by atoms with Gasteiger partial charge in [-0.25, -0.2) is 4.79 Å². The van der Waals surface area contributed by atoms with Crippen LogP contribution in [-0.4, -0.2) is 141 Å². The van der Waals surface area contributed by atoms with Crippen LogP contribution in [0.1, 0.15) is 20.8 Å². The van der Waals surface area contributed by atoms with Crippen molar-refractivity contribution in [3.05, 3.63) is 93.0 Å². The van der Waals surface area contributed by atoms with Crippen LogP contribution >= 0.6 is 0 Å². The smallest absolute Gasteiger partial charge is 0.407 e. The number of β-amino-alcohol motifs (C(OH)–C–C–N with tert-alkyl or cyclic N) is 1. The van der Waals surface area contributed by atoms with Gasteiger partial charge in [-0.3, -0.25) is 30.0 Å². The summed E-state index contributed by atoms with van der Waals surface area (Å²) in [6.07, 6.45) is -0.349. The number of amides is 1. The number of nitro groups is 2. The van der Waals surface area contributed by atoms with Crippen molar-refractivity contribution in [3.8, 4) is 0 Å². The molecule has 0 spiro atoms. The monoisotopic (exact) mass is 778 g/mol. The highest BCUT2D eigenvalue weighted by Gasteiger charge is 2.20. The number of carbonyl (C=O) groups is 1. The molecule has 0 unspecified atom stereocenters. The Balaban J connectivity index is 0.000000191. The van der Waals surface area contributed by atoms with Gasteiger partial charge in [0.25, 0.3) is 11.4 Å². The van der Waals surface area contributed by atoms with E-state index in [1.165, 1.54) is 17.8 Å². The number of non-ortho nitro benzene ring substituents is 2. The third-order valence-electron chi connectivity index (χ3n) is 9.48. The second-order valence-electron chi connectivity index (χ2n) is 14.7. The van der Waals surface area contributed by atoms with Gasteiger partial charge < -0.3 is 40.9 Å². The Hall–Kier alpha value is -5.23. The summed E-state index contributed by atoms with van der Waals surface area (Å²) in [5.41, 5.74) is 9.63. The van der Waals surface area contributed by atoms with E-state index in [1.807, 2.05) is 45.0 Å². The molecule has 3 aliphatic rings. The third-order valence-corrected chi connectivity index (χ3v) is 9.48. The van der Waals surface area contributed by atoms with Crippen molar-refractivity contribution < 1.29 is 24.5 Å². The lowest BCUT2D eigenvalue weighted by Gasteiger charge is -2.36. The average molecular weight is 779 g/mol. The van der Waals surface area contributed by atoms with Crippen LogP contribution in [0.5, 0.6) is 0 Å². The van der Waals surface area contributed by atoms with Gasteiger partial charge in [-0.2, -0.15) is 0 Å². The molecule has 5 N–H and O–H groups in total. The highest BCUT2D eigenvalue weighted by Crippen LogP contribution is 2.22. The maximum absolute atomic E-state index is 11.6. The topological polar surface area (TPSA) is 199 Å². The molecule has 0 bridgehead atoms. The second kappa shape index (κ2) is 21.8. The predicted octanol–water partition coefficient (Wildman–Crippen LogP) is 3.63. The number of ether oxygens (including phenoxy) is 1. The Morgan fingerprint density at radius 3 is 1.48 bits per heavy atom. The molecule has 3 fully saturated rings. The zero-order valence-corrected chi connectivity index (χ0v) is 32.8. The summed E-state index contributed by atoms with van der Waals surface area (Å²) in [4.78, 5) is 43.2. The van der Waals surface area contributed by atoms with Crippen LogP contribution in [0.3, 0.4) is 0 Å². The summed E-state index contributed by atoms with van der Waals surface area (Å²) in [6, 6.07) is 21.4. The predicted molar refractivity (Wildman–Crippen MR) is 221 cm³/mol. The number of benzene rings is 3. The molecule has 0 atom stereocenters. The molecule has 56 heavy (non-hydrogen) atoms. The molecule has 306 valence electrons. The molecule has 3 aromatic carbocycles. The molecule has 0 saturated carbocycles. The van der Waals surface area contributed by atoms with Crippen LogP contribution in [0, 0.1) is 20.2 Å². The molecule has 1 amide bonds. The Kier molecular flexibility index (Phi) is 16.9. The van der Waals surface area contributed by atoms with Crippen LogP contribution in [0.15, 0.2) is 72.8 Å². The minimum Gasteiger partial charge on any atom is -0.444 e. The number of nitrogens with two attached hydrogens (primary N) is 1. The molecule has 0 radical (unpaired) electrons. The van der Waals surface area contributed by atoms with Crippen molar-refractivity contribution in [2.24, 2.45) is 0 Å². The van der Waals surface area contributed by atoms with E-state index < -0.39 is 5.60 Å². The molecule has 0 aromatic heterocycles. The van der Waals surface area contributed by atoms with Gasteiger partial charge in [0.2, 0.25) is 0 Å². The first-order valence-corrected chi connectivity index (χ1v) is 19.1. The number of hydrogen-bond donors (Lipinski definition) is 4. The highest BCUT2D eigenvalue weighted by molar-refractivity contribution is 5.67. The minimum absolute atomic E-state index is 0.123. The number of nitrogen functional groups attached to an aromatic ring is 1. The van der Waals surface area contributed by atoms with Crippen LogP contribution in [0.25, 0.3) is 0 Å². The number of aliphatic hydroxyl groups excluding tert-OH is 1. The number of alkyl carbamates (subject to hydrolysis) is 1. The number of nitro benzene ring substituents is 2. The van der Waals surface area contributed by atoms with E-state index in [4.69, 9.17) is 15.6 Å². The number of nitrogens with one attached hydrogen (secondary N) is 2. The van der Waals surface area contributed by atoms with E-state index in [0.717, 1.165) is 102 Å². The molecule has 17 heteroatoms. The van der Waals surface area contributed by atoms with Crippen LogP contribution in [0.4, 0.5) is 38.9 Å². The summed E-state index contributed by atoms with van der Waals surface area (Å²) in [5.74, 6) is 0. The number of rotatable bonds is 10. The maximum atomic E-state index is 11.6. The number of hydrogen-bond acceptors (Lipinski definition) is 14. The fourth-order valence-electron chi connectivity index (χ4n) is 6.41. The lowest BCUT2D eigenvalue weighted by Crippen LogP contribution is -2.48. The van der Waals surface area contributed by atoms with Gasteiger partial charge in [0.05, 0.1) is 16.5 Å². The number of aliphatic hydroxyl groups is 1. The van der Waals surface area contributed by atoms with Crippen molar-refractivity contribution in [1.82, 2.24) is 20.4 Å². The zero-order chi connectivity index (χ0) is 40.5. The summed E-state index contributed by atoms with van der Waals surface area (Å²) >= 11 is 0. The van der Waals surface area contributed by atoms with E-state index in [1.54, 1.807) is 24.3 Å². The highest BCUT2D eigenvalue weighted by atomic mass is 16.6. The van der Waals surface area contributed by atoms with Gasteiger partial charge >= 0.3 is 6.09 Å². The Bertz CT molecular complexity index is 1630. The van der Waals surface area contributed by atoms with Crippen LogP contribution in [0.2, 0.25) is 0 Å². The minimum atomic E-state index is -0.450. The second-order valence-corrected chi connectivity index (χ2v) is 14.7. The summed E-state index contributed by atoms with van der Waals surface area (Å²) in [7, 11) is 0. The third kappa shape index (κ3) is 14.8. The van der Waals surface area contributed by atoms with Gasteiger partial charge in [0.1, 0.15) is 5.60 Å². The first-order valence-electron chi connectivity index (χ1n) is 19.1. The number of piperazine rings is 3. The number of carbonyl (C=O) groups excluding carboxylic acids is 1. The van der Waals surface area contributed by atoms with Gasteiger partial charge in [-0.15, -0.1) is 0 Å². The van der Waals surface area contributed by atoms with Gasteiger partial charge in [-0.05, 0) is 69.3 Å². The first-order chi connectivity index (χ1) is 26.8. The summed E-state index contributed by atoms with van der Waals surface area (Å²) < 4.78 is 5.22. The molecule has 3 heterocycles. The Morgan fingerprint density at radius 1 is 0.696 bits per heavy atom. The SMILES string of the molecule is CC(C)(C)OC(=O)NCCN1CCN(c2ccc(N)cc2)CC1.O=[N+]([O-])c1ccc(N2CCN(CCO)CC2)cc1.O=[N+]([O-])c1ccc(N2CCNCC2)cc1. The summed E-state index contributed by atoms with van der Waals surface area (Å²) in [6.45, 7) is 19.3. The molecule has 3 aliphatic heterocycles. The zero-order valence-electron chi connectivity index (χ0n) is 32.8. The first kappa shape index (κ1) is 43.5. The molecular formula is C39H58N10O7. The molecule has 0 aliphatic carbocycles. The normalized spacial score (nSPS) is 16.5. The van der Waals surface area contributed by atoms with Crippen LogP contribution in [-0.2, 0) is 4.74 Å². The van der Waals surface area contributed by atoms with Crippen molar-refractivity contribution in [1.29, 1.82) is 0 Å².